The second-order valence-electron chi connectivity index (χ2n) is 6.24. The van der Waals surface area contributed by atoms with Gasteiger partial charge in [0.25, 0.3) is 0 Å². The Hall–Kier alpha value is -2.11. The summed E-state index contributed by atoms with van der Waals surface area (Å²) in [4.78, 5) is 0. The molecule has 2 aromatic carbocycles. The third kappa shape index (κ3) is 4.11. The van der Waals surface area contributed by atoms with E-state index < -0.39 is 10.0 Å². The van der Waals surface area contributed by atoms with Gasteiger partial charge in [-0.05, 0) is 41.7 Å². The molecule has 5 heteroatoms. The number of hydrogen-bond acceptors (Lipinski definition) is 3. The van der Waals surface area contributed by atoms with Crippen LogP contribution >= 0.6 is 0 Å². The highest BCUT2D eigenvalue weighted by molar-refractivity contribution is 7.88. The summed E-state index contributed by atoms with van der Waals surface area (Å²) in [6, 6.07) is 18.3. The number of nitrogens with zero attached hydrogens (tertiary/aromatic N) is 1. The fourth-order valence-electron chi connectivity index (χ4n) is 3.30. The number of hydrogen-bond donors (Lipinski definition) is 0. The molecule has 1 aliphatic heterocycles. The molecule has 0 unspecified atom stereocenters. The summed E-state index contributed by atoms with van der Waals surface area (Å²) in [5.74, 6) is 0.820. The summed E-state index contributed by atoms with van der Waals surface area (Å²) in [5, 5.41) is 0. The van der Waals surface area contributed by atoms with Crippen LogP contribution in [0, 0.1) is 0 Å². The van der Waals surface area contributed by atoms with Crippen LogP contribution in [0.3, 0.4) is 0 Å². The SMILES string of the molecule is COc1cccc(C(=C2CCN(S(C)(=O)=O)CC2)c2ccccc2)c1. The first-order chi connectivity index (χ1) is 12.0. The Bertz CT molecular complexity index is 863. The molecule has 1 fully saturated rings. The van der Waals surface area contributed by atoms with Gasteiger partial charge in [0, 0.05) is 13.1 Å². The zero-order valence-electron chi connectivity index (χ0n) is 14.6. The van der Waals surface area contributed by atoms with Crippen LogP contribution in [0.2, 0.25) is 0 Å². The van der Waals surface area contributed by atoms with E-state index >= 15 is 0 Å². The molecule has 25 heavy (non-hydrogen) atoms. The van der Waals surface area contributed by atoms with Gasteiger partial charge in [0.2, 0.25) is 10.0 Å². The Labute approximate surface area is 149 Å². The lowest BCUT2D eigenvalue weighted by molar-refractivity contribution is 0.391. The van der Waals surface area contributed by atoms with Crippen molar-refractivity contribution in [3.63, 3.8) is 0 Å². The highest BCUT2D eigenvalue weighted by atomic mass is 32.2. The third-order valence-corrected chi connectivity index (χ3v) is 5.87. The van der Waals surface area contributed by atoms with Gasteiger partial charge in [-0.2, -0.15) is 0 Å². The number of piperidine rings is 1. The van der Waals surface area contributed by atoms with E-state index in [4.69, 9.17) is 4.74 Å². The lowest BCUT2D eigenvalue weighted by Gasteiger charge is -2.28. The van der Waals surface area contributed by atoms with Gasteiger partial charge in [0.05, 0.1) is 13.4 Å². The second-order valence-corrected chi connectivity index (χ2v) is 8.22. The molecular formula is C20H23NO3S. The fourth-order valence-corrected chi connectivity index (χ4v) is 4.14. The number of ether oxygens (including phenoxy) is 1. The van der Waals surface area contributed by atoms with Crippen molar-refractivity contribution in [2.45, 2.75) is 12.8 Å². The molecule has 132 valence electrons. The minimum atomic E-state index is -3.12. The van der Waals surface area contributed by atoms with Crippen molar-refractivity contribution in [2.24, 2.45) is 0 Å². The molecule has 0 spiro atoms. The van der Waals surface area contributed by atoms with Gasteiger partial charge in [-0.3, -0.25) is 0 Å². The maximum Gasteiger partial charge on any atom is 0.211 e. The lowest BCUT2D eigenvalue weighted by atomic mass is 9.89. The smallest absolute Gasteiger partial charge is 0.211 e. The topological polar surface area (TPSA) is 46.6 Å². The average Bonchev–Trinajstić information content (AvgIpc) is 2.63. The summed E-state index contributed by atoms with van der Waals surface area (Å²) in [6.07, 6.45) is 2.77. The number of benzene rings is 2. The van der Waals surface area contributed by atoms with E-state index in [9.17, 15) is 8.42 Å². The maximum atomic E-state index is 11.8. The molecule has 1 saturated heterocycles. The molecule has 1 heterocycles. The first-order valence-electron chi connectivity index (χ1n) is 8.36. The van der Waals surface area contributed by atoms with E-state index in [1.54, 1.807) is 11.4 Å². The largest absolute Gasteiger partial charge is 0.497 e. The predicted molar refractivity (Wildman–Crippen MR) is 101 cm³/mol. The highest BCUT2D eigenvalue weighted by Gasteiger charge is 2.24. The minimum Gasteiger partial charge on any atom is -0.497 e. The normalized spacial score (nSPS) is 15.8. The van der Waals surface area contributed by atoms with E-state index in [-0.39, 0.29) is 0 Å². The van der Waals surface area contributed by atoms with Crippen LogP contribution in [-0.2, 0) is 10.0 Å². The molecule has 1 aliphatic rings. The predicted octanol–water partition coefficient (Wildman–Crippen LogP) is 3.55. The molecule has 0 N–H and O–H groups in total. The molecule has 0 bridgehead atoms. The molecule has 3 rings (SSSR count). The summed E-state index contributed by atoms with van der Waals surface area (Å²) in [5.41, 5.74) is 4.74. The quantitative estimate of drug-likeness (QED) is 0.841. The zero-order chi connectivity index (χ0) is 17.9. The van der Waals surface area contributed by atoms with Crippen molar-refractivity contribution in [2.75, 3.05) is 26.5 Å². The van der Waals surface area contributed by atoms with Gasteiger partial charge >= 0.3 is 0 Å². The second kappa shape index (κ2) is 7.42. The van der Waals surface area contributed by atoms with Gasteiger partial charge in [0.15, 0.2) is 0 Å². The highest BCUT2D eigenvalue weighted by Crippen LogP contribution is 2.34. The average molecular weight is 357 g/mol. The molecule has 4 nitrogen and oxygen atoms in total. The van der Waals surface area contributed by atoms with Crippen LogP contribution in [0.1, 0.15) is 24.0 Å². The standard InChI is InChI=1S/C20H23NO3S/c1-24-19-10-6-9-18(15-19)20(16-7-4-3-5-8-16)17-11-13-21(14-12-17)25(2,22)23/h3-10,15H,11-14H2,1-2H3. The fraction of sp³-hybridized carbons (Fsp3) is 0.300. The van der Waals surface area contributed by atoms with Gasteiger partial charge in [-0.25, -0.2) is 12.7 Å². The Morgan fingerprint density at radius 3 is 2.20 bits per heavy atom. The van der Waals surface area contributed by atoms with Gasteiger partial charge in [-0.15, -0.1) is 0 Å². The van der Waals surface area contributed by atoms with Gasteiger partial charge in [-0.1, -0.05) is 48.0 Å². The van der Waals surface area contributed by atoms with E-state index in [0.717, 1.165) is 29.7 Å². The molecule has 0 aliphatic carbocycles. The van der Waals surface area contributed by atoms with E-state index in [1.807, 2.05) is 36.4 Å². The van der Waals surface area contributed by atoms with E-state index in [0.29, 0.717) is 13.1 Å². The maximum absolute atomic E-state index is 11.8. The van der Waals surface area contributed by atoms with Crippen molar-refractivity contribution >= 4 is 15.6 Å². The Morgan fingerprint density at radius 1 is 0.960 bits per heavy atom. The third-order valence-electron chi connectivity index (χ3n) is 4.57. The number of sulfonamides is 1. The molecule has 0 radical (unpaired) electrons. The molecule has 0 atom stereocenters. The Balaban J connectivity index is 2.03. The van der Waals surface area contributed by atoms with Crippen molar-refractivity contribution in [1.29, 1.82) is 0 Å². The van der Waals surface area contributed by atoms with Crippen molar-refractivity contribution in [3.05, 3.63) is 71.3 Å². The molecule has 0 amide bonds. The monoisotopic (exact) mass is 357 g/mol. The minimum absolute atomic E-state index is 0.536. The number of rotatable bonds is 4. The Kier molecular flexibility index (Phi) is 5.25. The van der Waals surface area contributed by atoms with E-state index in [2.05, 4.69) is 18.2 Å². The van der Waals surface area contributed by atoms with Crippen LogP contribution in [-0.4, -0.2) is 39.2 Å². The first kappa shape index (κ1) is 17.7. The first-order valence-corrected chi connectivity index (χ1v) is 10.2. The van der Waals surface area contributed by atoms with Crippen LogP contribution in [0.25, 0.3) is 5.57 Å². The number of methoxy groups -OCH3 is 1. The van der Waals surface area contributed by atoms with Crippen molar-refractivity contribution in [3.8, 4) is 5.75 Å². The summed E-state index contributed by atoms with van der Waals surface area (Å²) in [6.45, 7) is 1.07. The summed E-state index contributed by atoms with van der Waals surface area (Å²) in [7, 11) is -1.46. The van der Waals surface area contributed by atoms with Gasteiger partial charge < -0.3 is 4.74 Å². The lowest BCUT2D eigenvalue weighted by Crippen LogP contribution is -2.35. The Morgan fingerprint density at radius 2 is 1.60 bits per heavy atom. The van der Waals surface area contributed by atoms with Crippen LogP contribution < -0.4 is 4.74 Å². The van der Waals surface area contributed by atoms with Crippen LogP contribution in [0.15, 0.2) is 60.2 Å². The van der Waals surface area contributed by atoms with E-state index in [1.165, 1.54) is 17.4 Å². The molecule has 0 saturated carbocycles. The molecule has 2 aromatic rings. The summed E-state index contributed by atoms with van der Waals surface area (Å²) < 4.78 is 30.5. The summed E-state index contributed by atoms with van der Waals surface area (Å²) >= 11 is 0. The van der Waals surface area contributed by atoms with Crippen molar-refractivity contribution < 1.29 is 13.2 Å². The molecule has 0 aromatic heterocycles. The zero-order valence-corrected chi connectivity index (χ0v) is 15.4. The van der Waals surface area contributed by atoms with Crippen LogP contribution in [0.4, 0.5) is 0 Å². The molecular weight excluding hydrogens is 334 g/mol. The van der Waals surface area contributed by atoms with Gasteiger partial charge in [0.1, 0.15) is 5.75 Å². The van der Waals surface area contributed by atoms with Crippen molar-refractivity contribution in [1.82, 2.24) is 4.31 Å². The van der Waals surface area contributed by atoms with Crippen LogP contribution in [0.5, 0.6) is 5.75 Å².